The van der Waals surface area contributed by atoms with Gasteiger partial charge in [-0.2, -0.15) is 0 Å². The quantitative estimate of drug-likeness (QED) is 0.322. The third-order valence-electron chi connectivity index (χ3n) is 2.63. The van der Waals surface area contributed by atoms with Gasteiger partial charge in [0.1, 0.15) is 24.6 Å². The smallest absolute Gasteiger partial charge is 0.333 e. The van der Waals surface area contributed by atoms with Crippen LogP contribution in [0.2, 0.25) is 0 Å². The van der Waals surface area contributed by atoms with Gasteiger partial charge in [-0.15, -0.1) is 11.8 Å². The minimum atomic E-state index is -1.26. The minimum Gasteiger partial charge on any atom is -0.481 e. The van der Waals surface area contributed by atoms with Crippen LogP contribution >= 0.6 is 11.8 Å². The first-order valence-electron chi connectivity index (χ1n) is 7.07. The highest BCUT2D eigenvalue weighted by Gasteiger charge is 2.26. The van der Waals surface area contributed by atoms with Crippen LogP contribution in [-0.4, -0.2) is 70.2 Å². The summed E-state index contributed by atoms with van der Waals surface area (Å²) in [5.74, 6) is -3.76. The maximum absolute atomic E-state index is 12.0. The first kappa shape index (κ1) is 22.4. The highest BCUT2D eigenvalue weighted by atomic mass is 32.2. The van der Waals surface area contributed by atoms with Crippen molar-refractivity contribution in [1.82, 2.24) is 0 Å². The number of carbonyl (C=O) groups excluding carboxylic acids is 2. The van der Waals surface area contributed by atoms with Gasteiger partial charge in [-0.1, -0.05) is 6.58 Å². The Morgan fingerprint density at radius 3 is 2.33 bits per heavy atom. The number of ether oxygens (including phenoxy) is 2. The highest BCUT2D eigenvalue weighted by molar-refractivity contribution is 8.00. The summed E-state index contributed by atoms with van der Waals surface area (Å²) in [7, 11) is 0. The van der Waals surface area contributed by atoms with Gasteiger partial charge in [-0.25, -0.2) is 4.79 Å². The number of carboxylic acid groups (broad SMARTS) is 1. The first-order valence-corrected chi connectivity index (χ1v) is 8.12. The van der Waals surface area contributed by atoms with Crippen molar-refractivity contribution in [3.63, 3.8) is 0 Å². The van der Waals surface area contributed by atoms with Crippen LogP contribution < -0.4 is 0 Å². The van der Waals surface area contributed by atoms with Crippen molar-refractivity contribution in [2.24, 2.45) is 5.92 Å². The van der Waals surface area contributed by atoms with E-state index in [1.807, 2.05) is 0 Å². The molecule has 9 heteroatoms. The van der Waals surface area contributed by atoms with E-state index in [1.54, 1.807) is 0 Å². The maximum atomic E-state index is 12.0. The summed E-state index contributed by atoms with van der Waals surface area (Å²) in [6.07, 6.45) is -1.41. The molecule has 3 atom stereocenters. The zero-order valence-electron chi connectivity index (χ0n) is 13.3. The molecule has 0 amide bonds. The predicted octanol–water partition coefficient (Wildman–Crippen LogP) is -0.0941. The topological polar surface area (TPSA) is 130 Å². The Kier molecular flexibility index (Phi) is 11.1. The van der Waals surface area contributed by atoms with Crippen molar-refractivity contribution in [2.45, 2.75) is 24.7 Å². The van der Waals surface area contributed by atoms with Crippen LogP contribution in [0.15, 0.2) is 12.2 Å². The van der Waals surface area contributed by atoms with Crippen molar-refractivity contribution >= 4 is 29.7 Å². The summed E-state index contributed by atoms with van der Waals surface area (Å²) in [5.41, 5.74) is 0.169. The van der Waals surface area contributed by atoms with E-state index in [1.165, 1.54) is 6.92 Å². The van der Waals surface area contributed by atoms with E-state index in [4.69, 9.17) is 26.6 Å². The lowest BCUT2D eigenvalue weighted by Gasteiger charge is -2.18. The first-order chi connectivity index (χ1) is 11.2. The number of hydrogen-bond donors (Lipinski definition) is 3. The van der Waals surface area contributed by atoms with E-state index in [9.17, 15) is 19.5 Å². The molecule has 0 aliphatic carbocycles. The molecule has 8 nitrogen and oxygen atoms in total. The van der Waals surface area contributed by atoms with Gasteiger partial charge in [0.2, 0.25) is 0 Å². The third kappa shape index (κ3) is 9.53. The second-order valence-corrected chi connectivity index (χ2v) is 6.24. The predicted molar refractivity (Wildman–Crippen MR) is 86.1 cm³/mol. The summed E-state index contributed by atoms with van der Waals surface area (Å²) >= 11 is 1.00. The number of aliphatic hydroxyl groups is 2. The largest absolute Gasteiger partial charge is 0.481 e. The van der Waals surface area contributed by atoms with Crippen LogP contribution in [0.25, 0.3) is 0 Å². The molecule has 0 heterocycles. The van der Waals surface area contributed by atoms with Crippen molar-refractivity contribution < 1.29 is 39.2 Å². The zero-order valence-corrected chi connectivity index (χ0v) is 14.2. The van der Waals surface area contributed by atoms with Crippen molar-refractivity contribution in [2.75, 3.05) is 25.6 Å². The third-order valence-corrected chi connectivity index (χ3v) is 3.84. The van der Waals surface area contributed by atoms with Gasteiger partial charge in [0.05, 0.1) is 12.5 Å². The monoisotopic (exact) mass is 362 g/mol. The lowest BCUT2D eigenvalue weighted by atomic mass is 10.1. The fourth-order valence-electron chi connectivity index (χ4n) is 1.37. The van der Waals surface area contributed by atoms with Gasteiger partial charge in [0.15, 0.2) is 0 Å². The summed E-state index contributed by atoms with van der Waals surface area (Å²) in [4.78, 5) is 33.9. The molecule has 0 saturated carbocycles. The number of carbonyl (C=O) groups is 3. The van der Waals surface area contributed by atoms with E-state index in [0.717, 1.165) is 11.8 Å². The molecule has 0 bridgehead atoms. The fourth-order valence-corrected chi connectivity index (χ4v) is 2.31. The van der Waals surface area contributed by atoms with Crippen molar-refractivity contribution in [3.05, 3.63) is 19.1 Å². The molecule has 3 N–H and O–H groups in total. The summed E-state index contributed by atoms with van der Waals surface area (Å²) in [5, 5.41) is 26.3. The Hall–Kier alpha value is -1.58. The molecule has 0 rings (SSSR count). The van der Waals surface area contributed by atoms with E-state index < -0.39 is 41.8 Å². The molecule has 0 fully saturated rings. The Morgan fingerprint density at radius 2 is 1.83 bits per heavy atom. The highest BCUT2D eigenvalue weighted by Crippen LogP contribution is 2.21. The molecule has 0 aromatic heterocycles. The molecule has 3 unspecified atom stereocenters. The number of carboxylic acids is 1. The lowest BCUT2D eigenvalue weighted by molar-refractivity contribution is -0.150. The van der Waals surface area contributed by atoms with E-state index >= 15 is 0 Å². The van der Waals surface area contributed by atoms with Crippen molar-refractivity contribution in [1.29, 1.82) is 0 Å². The van der Waals surface area contributed by atoms with Crippen LogP contribution in [0.4, 0.5) is 0 Å². The van der Waals surface area contributed by atoms with Gasteiger partial charge < -0.3 is 24.8 Å². The standard InChI is InChI=1S/C15H22O8S/c1-9(2)14(20)22-7-11(17)8-23-15(21)12(24-5-4-16)6-10(3)13(18)19/h3,10-12,16-17H,1,4-8H2,2H3,(H,18,19). The molecular weight excluding hydrogens is 340 g/mol. The second kappa shape index (κ2) is 11.9. The number of esters is 2. The molecule has 136 valence electrons. The molecule has 0 aromatic rings. The van der Waals surface area contributed by atoms with Crippen LogP contribution in [-0.2, 0) is 23.9 Å². The lowest BCUT2D eigenvalue weighted by Crippen LogP contribution is -2.31. The normalized spacial score (nSPS) is 14.3. The maximum Gasteiger partial charge on any atom is 0.333 e. The van der Waals surface area contributed by atoms with Crippen LogP contribution in [0.5, 0.6) is 0 Å². The van der Waals surface area contributed by atoms with Gasteiger partial charge in [0.25, 0.3) is 0 Å². The van der Waals surface area contributed by atoms with Gasteiger partial charge >= 0.3 is 17.9 Å². The van der Waals surface area contributed by atoms with Gasteiger partial charge in [-0.05, 0) is 20.3 Å². The Morgan fingerprint density at radius 1 is 1.25 bits per heavy atom. The van der Waals surface area contributed by atoms with Gasteiger partial charge in [-0.3, -0.25) is 9.59 Å². The molecular formula is C15H22O8S. The number of thioether (sulfide) groups is 1. The Labute approximate surface area is 144 Å². The summed E-state index contributed by atoms with van der Waals surface area (Å²) in [6, 6.07) is 0. The number of aliphatic carboxylic acids is 1. The molecule has 2 radical (unpaired) electrons. The summed E-state index contributed by atoms with van der Waals surface area (Å²) < 4.78 is 9.59. The fraction of sp³-hybridized carbons (Fsp3) is 0.600. The zero-order chi connectivity index (χ0) is 18.7. The van der Waals surface area contributed by atoms with E-state index in [-0.39, 0.29) is 31.0 Å². The Bertz CT molecular complexity index is 451. The van der Waals surface area contributed by atoms with Crippen LogP contribution in [0.1, 0.15) is 13.3 Å². The van der Waals surface area contributed by atoms with E-state index in [2.05, 4.69) is 6.58 Å². The van der Waals surface area contributed by atoms with E-state index in [0.29, 0.717) is 0 Å². The average Bonchev–Trinajstić information content (AvgIpc) is 2.53. The van der Waals surface area contributed by atoms with Crippen molar-refractivity contribution in [3.8, 4) is 0 Å². The van der Waals surface area contributed by atoms with Gasteiger partial charge in [0, 0.05) is 11.3 Å². The molecule has 0 aliphatic rings. The number of rotatable bonds is 12. The van der Waals surface area contributed by atoms with Crippen LogP contribution in [0.3, 0.4) is 0 Å². The number of hydrogen-bond acceptors (Lipinski definition) is 8. The molecule has 0 spiro atoms. The minimum absolute atomic E-state index is 0.169. The molecule has 0 aromatic carbocycles. The van der Waals surface area contributed by atoms with Crippen LogP contribution in [0, 0.1) is 12.8 Å². The average molecular weight is 362 g/mol. The molecule has 24 heavy (non-hydrogen) atoms. The molecule has 0 aliphatic heterocycles. The second-order valence-electron chi connectivity index (χ2n) is 4.93. The number of aliphatic hydroxyl groups excluding tert-OH is 2. The molecule has 0 saturated heterocycles. The SMILES string of the molecule is [CH]C(CC(SCCO)C(=O)OCC(O)COC(=O)C(=C)C)C(=O)O. The summed E-state index contributed by atoms with van der Waals surface area (Å²) in [6.45, 7) is 9.22. The Balaban J connectivity index is 4.40.